The van der Waals surface area contributed by atoms with Gasteiger partial charge in [0.1, 0.15) is 0 Å². The number of anilines is 1. The highest BCUT2D eigenvalue weighted by Crippen LogP contribution is 2.20. The van der Waals surface area contributed by atoms with Crippen LogP contribution in [0.15, 0.2) is 57.9 Å². The Labute approximate surface area is 127 Å². The van der Waals surface area contributed by atoms with Gasteiger partial charge in [-0.15, -0.1) is 0 Å². The van der Waals surface area contributed by atoms with Crippen LogP contribution in [0.3, 0.4) is 0 Å². The minimum Gasteiger partial charge on any atom is -0.324 e. The third-order valence-electron chi connectivity index (χ3n) is 2.81. The minimum absolute atomic E-state index is 0.119. The van der Waals surface area contributed by atoms with Gasteiger partial charge in [0, 0.05) is 16.2 Å². The van der Waals surface area contributed by atoms with E-state index in [-0.39, 0.29) is 10.9 Å². The molecular weight excluding hydrogens is 340 g/mol. The highest BCUT2D eigenvalue weighted by molar-refractivity contribution is 9.10. The van der Waals surface area contributed by atoms with Crippen LogP contribution in [-0.4, -0.2) is 8.42 Å². The first-order chi connectivity index (χ1) is 9.38. The fraction of sp³-hybridized carbons (Fsp3) is 0.143. The highest BCUT2D eigenvalue weighted by atomic mass is 79.9. The number of sulfonamides is 1. The number of hydrogen-bond donors (Lipinski definition) is 2. The lowest BCUT2D eigenvalue weighted by atomic mass is 10.1. The number of hydrogen-bond acceptors (Lipinski definition) is 3. The van der Waals surface area contributed by atoms with Gasteiger partial charge in [-0.05, 0) is 48.9 Å². The van der Waals surface area contributed by atoms with E-state index in [1.807, 2.05) is 6.92 Å². The molecule has 0 heterocycles. The number of rotatable bonds is 4. The van der Waals surface area contributed by atoms with Crippen molar-refractivity contribution in [2.75, 3.05) is 4.72 Å². The van der Waals surface area contributed by atoms with Crippen LogP contribution in [0.1, 0.15) is 18.5 Å². The van der Waals surface area contributed by atoms with Crippen molar-refractivity contribution in [2.24, 2.45) is 5.73 Å². The molecule has 0 aliphatic carbocycles. The molecular formula is C14H15BrN2O2S. The second-order valence-corrected chi connectivity index (χ2v) is 7.07. The van der Waals surface area contributed by atoms with Crippen molar-refractivity contribution >= 4 is 31.6 Å². The van der Waals surface area contributed by atoms with Crippen molar-refractivity contribution in [1.82, 2.24) is 0 Å². The Morgan fingerprint density at radius 1 is 1.05 bits per heavy atom. The summed E-state index contributed by atoms with van der Waals surface area (Å²) in [7, 11) is -3.57. The van der Waals surface area contributed by atoms with E-state index in [0.717, 1.165) is 10.0 Å². The van der Waals surface area contributed by atoms with Gasteiger partial charge in [0.05, 0.1) is 4.90 Å². The summed E-state index contributed by atoms with van der Waals surface area (Å²) >= 11 is 3.30. The van der Waals surface area contributed by atoms with Gasteiger partial charge in [-0.25, -0.2) is 8.42 Å². The standard InChI is InChI=1S/C14H15BrN2O2S/c1-10(16)11-2-8-14(9-3-11)20(18,19)17-13-6-4-12(15)5-7-13/h2-10,17H,16H2,1H3. The molecule has 2 aromatic rings. The third-order valence-corrected chi connectivity index (χ3v) is 4.74. The summed E-state index contributed by atoms with van der Waals surface area (Å²) in [6.07, 6.45) is 0. The topological polar surface area (TPSA) is 72.2 Å². The van der Waals surface area contributed by atoms with Crippen molar-refractivity contribution in [3.63, 3.8) is 0 Å². The van der Waals surface area contributed by atoms with Crippen LogP contribution in [0.4, 0.5) is 5.69 Å². The quantitative estimate of drug-likeness (QED) is 0.884. The average Bonchev–Trinajstić information content (AvgIpc) is 2.41. The van der Waals surface area contributed by atoms with Crippen molar-refractivity contribution < 1.29 is 8.42 Å². The predicted molar refractivity (Wildman–Crippen MR) is 84.0 cm³/mol. The molecule has 2 aromatic carbocycles. The van der Waals surface area contributed by atoms with E-state index < -0.39 is 10.0 Å². The maximum atomic E-state index is 12.2. The number of nitrogens with one attached hydrogen (secondary N) is 1. The number of nitrogens with two attached hydrogens (primary N) is 1. The summed E-state index contributed by atoms with van der Waals surface area (Å²) in [6.45, 7) is 1.85. The van der Waals surface area contributed by atoms with Crippen LogP contribution in [0.2, 0.25) is 0 Å². The van der Waals surface area contributed by atoms with E-state index in [2.05, 4.69) is 20.7 Å². The van der Waals surface area contributed by atoms with Crippen molar-refractivity contribution in [3.05, 3.63) is 58.6 Å². The molecule has 2 rings (SSSR count). The molecule has 0 amide bonds. The Balaban J connectivity index is 2.23. The zero-order chi connectivity index (χ0) is 14.8. The molecule has 0 saturated carbocycles. The Morgan fingerprint density at radius 2 is 1.60 bits per heavy atom. The normalized spacial score (nSPS) is 12.9. The van der Waals surface area contributed by atoms with E-state index in [0.29, 0.717) is 5.69 Å². The maximum absolute atomic E-state index is 12.2. The second kappa shape index (κ2) is 5.95. The number of halogens is 1. The molecule has 1 atom stereocenters. The van der Waals surface area contributed by atoms with E-state index in [1.54, 1.807) is 48.5 Å². The van der Waals surface area contributed by atoms with Gasteiger partial charge in [0.25, 0.3) is 10.0 Å². The molecule has 0 aliphatic rings. The van der Waals surface area contributed by atoms with Gasteiger partial charge < -0.3 is 5.73 Å². The molecule has 0 radical (unpaired) electrons. The van der Waals surface area contributed by atoms with E-state index >= 15 is 0 Å². The molecule has 0 spiro atoms. The van der Waals surface area contributed by atoms with Gasteiger partial charge >= 0.3 is 0 Å². The van der Waals surface area contributed by atoms with E-state index in [9.17, 15) is 8.42 Å². The zero-order valence-electron chi connectivity index (χ0n) is 10.9. The van der Waals surface area contributed by atoms with Gasteiger partial charge in [-0.3, -0.25) is 4.72 Å². The molecule has 0 fully saturated rings. The van der Waals surface area contributed by atoms with Crippen molar-refractivity contribution in [1.29, 1.82) is 0 Å². The molecule has 4 nitrogen and oxygen atoms in total. The summed E-state index contributed by atoms with van der Waals surface area (Å²) in [5, 5.41) is 0. The first-order valence-electron chi connectivity index (χ1n) is 6.02. The lowest BCUT2D eigenvalue weighted by molar-refractivity contribution is 0.601. The van der Waals surface area contributed by atoms with Crippen LogP contribution < -0.4 is 10.5 Å². The monoisotopic (exact) mass is 354 g/mol. The summed E-state index contributed by atoms with van der Waals surface area (Å²) in [6, 6.07) is 13.4. The van der Waals surface area contributed by atoms with Crippen molar-refractivity contribution in [2.45, 2.75) is 17.9 Å². The van der Waals surface area contributed by atoms with Gasteiger partial charge in [0.15, 0.2) is 0 Å². The molecule has 0 saturated heterocycles. The van der Waals surface area contributed by atoms with Crippen LogP contribution >= 0.6 is 15.9 Å². The lowest BCUT2D eigenvalue weighted by Crippen LogP contribution is -2.13. The fourth-order valence-corrected chi connectivity index (χ4v) is 3.01. The zero-order valence-corrected chi connectivity index (χ0v) is 13.3. The van der Waals surface area contributed by atoms with Gasteiger partial charge in [-0.2, -0.15) is 0 Å². The first-order valence-corrected chi connectivity index (χ1v) is 8.30. The molecule has 0 aliphatic heterocycles. The average molecular weight is 355 g/mol. The molecule has 1 unspecified atom stereocenters. The Kier molecular flexibility index (Phi) is 4.47. The molecule has 3 N–H and O–H groups in total. The Bertz CT molecular complexity index is 680. The Morgan fingerprint density at radius 3 is 2.10 bits per heavy atom. The second-order valence-electron chi connectivity index (χ2n) is 4.47. The Hall–Kier alpha value is -1.37. The molecule has 0 aromatic heterocycles. The van der Waals surface area contributed by atoms with E-state index in [1.165, 1.54) is 0 Å². The van der Waals surface area contributed by atoms with Crippen LogP contribution in [0.25, 0.3) is 0 Å². The van der Waals surface area contributed by atoms with Gasteiger partial charge in [-0.1, -0.05) is 28.1 Å². The SMILES string of the molecule is CC(N)c1ccc(S(=O)(=O)Nc2ccc(Br)cc2)cc1. The lowest BCUT2D eigenvalue weighted by Gasteiger charge is -2.10. The highest BCUT2D eigenvalue weighted by Gasteiger charge is 2.14. The van der Waals surface area contributed by atoms with Crippen LogP contribution in [-0.2, 0) is 10.0 Å². The largest absolute Gasteiger partial charge is 0.324 e. The first kappa shape index (κ1) is 15.0. The van der Waals surface area contributed by atoms with Gasteiger partial charge in [0.2, 0.25) is 0 Å². The third kappa shape index (κ3) is 3.59. The van der Waals surface area contributed by atoms with Crippen LogP contribution in [0.5, 0.6) is 0 Å². The molecule has 20 heavy (non-hydrogen) atoms. The van der Waals surface area contributed by atoms with Crippen molar-refractivity contribution in [3.8, 4) is 0 Å². The molecule has 106 valence electrons. The smallest absolute Gasteiger partial charge is 0.261 e. The molecule has 0 bridgehead atoms. The maximum Gasteiger partial charge on any atom is 0.261 e. The predicted octanol–water partition coefficient (Wildman–Crippen LogP) is 3.27. The number of benzene rings is 2. The minimum atomic E-state index is -3.57. The fourth-order valence-electron chi connectivity index (χ4n) is 1.68. The van der Waals surface area contributed by atoms with Crippen LogP contribution in [0, 0.1) is 0 Å². The summed E-state index contributed by atoms with van der Waals surface area (Å²) in [5.41, 5.74) is 7.15. The summed E-state index contributed by atoms with van der Waals surface area (Å²) in [5.74, 6) is 0. The van der Waals surface area contributed by atoms with E-state index in [4.69, 9.17) is 5.73 Å². The molecule has 6 heteroatoms. The summed E-state index contributed by atoms with van der Waals surface area (Å²) < 4.78 is 27.8. The summed E-state index contributed by atoms with van der Waals surface area (Å²) in [4.78, 5) is 0.213.